The molecule has 0 aliphatic rings. The Morgan fingerprint density at radius 3 is 1.89 bits per heavy atom. The minimum Gasteiger partial charge on any atom is -0.550 e. The number of carbonyl (C=O) groups is 2. The average molecular weight is 250 g/mol. The minimum atomic E-state index is -1.33. The van der Waals surface area contributed by atoms with E-state index in [9.17, 15) is 14.7 Å². The van der Waals surface area contributed by atoms with Crippen LogP contribution in [0, 0.1) is 0 Å². The van der Waals surface area contributed by atoms with Crippen molar-refractivity contribution in [3.05, 3.63) is 0 Å². The van der Waals surface area contributed by atoms with E-state index >= 15 is 0 Å². The standard InChI is InChI=1S/C4H6O4.Cs/c5-3(6)1-2-4(7)8;/h1-2H2,(H,5,6)(H,7,8);/q;+1/p-1. The second-order valence-electron chi connectivity index (χ2n) is 1.27. The van der Waals surface area contributed by atoms with Gasteiger partial charge in [-0.25, -0.2) is 0 Å². The maximum absolute atomic E-state index is 9.61. The van der Waals surface area contributed by atoms with Crippen LogP contribution >= 0.6 is 0 Å². The van der Waals surface area contributed by atoms with Crippen molar-refractivity contribution in [2.75, 3.05) is 0 Å². The van der Waals surface area contributed by atoms with Crippen LogP contribution < -0.4 is 74.0 Å². The molecule has 9 heavy (non-hydrogen) atoms. The van der Waals surface area contributed by atoms with Gasteiger partial charge in [0.25, 0.3) is 0 Å². The van der Waals surface area contributed by atoms with Crippen molar-refractivity contribution in [2.45, 2.75) is 12.8 Å². The predicted octanol–water partition coefficient (Wildman–Crippen LogP) is -4.39. The number of hydrogen-bond donors (Lipinski definition) is 1. The molecule has 0 amide bonds. The zero-order chi connectivity index (χ0) is 6.57. The van der Waals surface area contributed by atoms with Gasteiger partial charge in [0.15, 0.2) is 0 Å². The molecular formula is C4H5CsO4. The summed E-state index contributed by atoms with van der Waals surface area (Å²) in [6.45, 7) is 0. The monoisotopic (exact) mass is 250 g/mol. The van der Waals surface area contributed by atoms with Gasteiger partial charge in [0.1, 0.15) is 0 Å². The smallest absolute Gasteiger partial charge is 0.550 e. The Morgan fingerprint density at radius 2 is 1.78 bits per heavy atom. The van der Waals surface area contributed by atoms with Crippen LogP contribution in [-0.2, 0) is 9.59 Å². The molecule has 0 spiro atoms. The van der Waals surface area contributed by atoms with Crippen molar-refractivity contribution in [3.8, 4) is 0 Å². The molecule has 0 rings (SSSR count). The van der Waals surface area contributed by atoms with Crippen LogP contribution in [0.1, 0.15) is 12.8 Å². The van der Waals surface area contributed by atoms with E-state index in [1.165, 1.54) is 0 Å². The van der Waals surface area contributed by atoms with Crippen molar-refractivity contribution in [3.63, 3.8) is 0 Å². The third kappa shape index (κ3) is 12.2. The SMILES string of the molecule is O=C([O-])CCC(=O)O.[Cs+]. The van der Waals surface area contributed by atoms with Gasteiger partial charge in [-0.2, -0.15) is 0 Å². The zero-order valence-corrected chi connectivity index (χ0v) is 11.4. The van der Waals surface area contributed by atoms with E-state index in [1.807, 2.05) is 0 Å². The Hall–Kier alpha value is 0.992. The van der Waals surface area contributed by atoms with Gasteiger partial charge in [0.05, 0.1) is 6.42 Å². The van der Waals surface area contributed by atoms with Crippen LogP contribution in [-0.4, -0.2) is 17.0 Å². The van der Waals surface area contributed by atoms with Crippen LogP contribution in [0.5, 0.6) is 0 Å². The normalized spacial score (nSPS) is 7.56. The molecule has 1 N–H and O–H groups in total. The topological polar surface area (TPSA) is 77.4 Å². The molecule has 46 valence electrons. The Labute approximate surface area is 111 Å². The number of aliphatic carboxylic acids is 2. The molecule has 0 fully saturated rings. The van der Waals surface area contributed by atoms with E-state index in [0.717, 1.165) is 0 Å². The van der Waals surface area contributed by atoms with Gasteiger partial charge in [0.2, 0.25) is 0 Å². The van der Waals surface area contributed by atoms with Crippen LogP contribution in [0.25, 0.3) is 0 Å². The summed E-state index contributed by atoms with van der Waals surface area (Å²) in [6, 6.07) is 0. The molecule has 0 aliphatic heterocycles. The Morgan fingerprint density at radius 1 is 1.33 bits per heavy atom. The molecule has 0 saturated heterocycles. The zero-order valence-electron chi connectivity index (χ0n) is 5.09. The molecule has 0 aromatic rings. The van der Waals surface area contributed by atoms with Crippen LogP contribution in [0.4, 0.5) is 0 Å². The Kier molecular flexibility index (Phi) is 9.98. The van der Waals surface area contributed by atoms with Gasteiger partial charge in [-0.1, -0.05) is 0 Å². The van der Waals surface area contributed by atoms with Crippen molar-refractivity contribution < 1.29 is 88.7 Å². The van der Waals surface area contributed by atoms with E-state index in [0.29, 0.717) is 0 Å². The molecule has 5 heteroatoms. The van der Waals surface area contributed by atoms with Crippen molar-refractivity contribution >= 4 is 11.9 Å². The summed E-state index contributed by atoms with van der Waals surface area (Å²) < 4.78 is 0. The summed E-state index contributed by atoms with van der Waals surface area (Å²) in [4.78, 5) is 19.1. The first-order chi connectivity index (χ1) is 3.63. The van der Waals surface area contributed by atoms with E-state index in [-0.39, 0.29) is 75.3 Å². The number of carboxylic acids is 2. The first-order valence-electron chi connectivity index (χ1n) is 2.04. The molecule has 0 bridgehead atoms. The van der Waals surface area contributed by atoms with Crippen molar-refractivity contribution in [2.24, 2.45) is 0 Å². The van der Waals surface area contributed by atoms with Crippen LogP contribution in [0.3, 0.4) is 0 Å². The van der Waals surface area contributed by atoms with Gasteiger partial charge in [-0.05, 0) is 6.42 Å². The summed E-state index contributed by atoms with van der Waals surface area (Å²) in [5.41, 5.74) is 0. The quantitative estimate of drug-likeness (QED) is 0.548. The van der Waals surface area contributed by atoms with Gasteiger partial charge in [-0.3, -0.25) is 4.79 Å². The first-order valence-corrected chi connectivity index (χ1v) is 2.04. The van der Waals surface area contributed by atoms with Crippen molar-refractivity contribution in [1.29, 1.82) is 0 Å². The molecule has 0 unspecified atom stereocenters. The minimum absolute atomic E-state index is 0. The average Bonchev–Trinajstić information content (AvgIpc) is 1.61. The van der Waals surface area contributed by atoms with Crippen molar-refractivity contribution in [1.82, 2.24) is 0 Å². The fraction of sp³-hybridized carbons (Fsp3) is 0.500. The van der Waals surface area contributed by atoms with E-state index in [1.54, 1.807) is 0 Å². The van der Waals surface area contributed by atoms with Crippen LogP contribution in [0.15, 0.2) is 0 Å². The largest absolute Gasteiger partial charge is 1.00 e. The fourth-order valence-electron chi connectivity index (χ4n) is 0.209. The molecule has 0 aliphatic carbocycles. The van der Waals surface area contributed by atoms with Gasteiger partial charge < -0.3 is 15.0 Å². The summed E-state index contributed by atoms with van der Waals surface area (Å²) >= 11 is 0. The fourth-order valence-corrected chi connectivity index (χ4v) is 0.209. The second-order valence-corrected chi connectivity index (χ2v) is 1.27. The molecule has 0 aromatic heterocycles. The molecule has 0 heterocycles. The second kappa shape index (κ2) is 7.10. The number of hydrogen-bond acceptors (Lipinski definition) is 3. The predicted molar refractivity (Wildman–Crippen MR) is 21.9 cm³/mol. The number of carboxylic acid groups (broad SMARTS) is 2. The van der Waals surface area contributed by atoms with E-state index < -0.39 is 18.4 Å². The molecule has 0 aromatic carbocycles. The summed E-state index contributed by atoms with van der Waals surface area (Å²) in [5.74, 6) is -2.44. The number of rotatable bonds is 3. The van der Waals surface area contributed by atoms with Gasteiger partial charge in [0, 0.05) is 5.97 Å². The van der Waals surface area contributed by atoms with Crippen LogP contribution in [0.2, 0.25) is 0 Å². The molecule has 0 saturated carbocycles. The third-order valence-corrected chi connectivity index (χ3v) is 0.543. The van der Waals surface area contributed by atoms with Gasteiger partial charge in [-0.15, -0.1) is 0 Å². The number of carbonyl (C=O) groups excluding carboxylic acids is 1. The Balaban J connectivity index is 0. The molecule has 0 atom stereocenters. The first kappa shape index (κ1) is 12.6. The van der Waals surface area contributed by atoms with E-state index in [4.69, 9.17) is 5.11 Å². The molecular weight excluding hydrogens is 245 g/mol. The summed E-state index contributed by atoms with van der Waals surface area (Å²) in [6.07, 6.45) is -0.766. The van der Waals surface area contributed by atoms with Gasteiger partial charge >= 0.3 is 74.9 Å². The van der Waals surface area contributed by atoms with E-state index in [2.05, 4.69) is 0 Å². The maximum atomic E-state index is 9.61. The Bertz CT molecular complexity index is 97.1. The molecule has 4 nitrogen and oxygen atoms in total. The maximum Gasteiger partial charge on any atom is 1.00 e. The molecule has 0 radical (unpaired) electrons. The summed E-state index contributed by atoms with van der Waals surface area (Å²) in [5, 5.41) is 17.4. The summed E-state index contributed by atoms with van der Waals surface area (Å²) in [7, 11) is 0. The third-order valence-electron chi connectivity index (χ3n) is 0.543.